The number of hydrogen-bond donors (Lipinski definition) is 1. The maximum atomic E-state index is 12.5. The van der Waals surface area contributed by atoms with Gasteiger partial charge < -0.3 is 10.6 Å². The number of benzene rings is 1. The number of carbonyl (C=O) groups excluding carboxylic acids is 1. The average Bonchev–Trinajstić information content (AvgIpc) is 2.56. The second-order valence-corrected chi connectivity index (χ2v) is 7.08. The first-order valence-electron chi connectivity index (χ1n) is 8.24. The molecule has 7 nitrogen and oxygen atoms in total. The minimum atomic E-state index is -0.214. The molecule has 1 aromatic carbocycles. The van der Waals surface area contributed by atoms with E-state index in [0.717, 1.165) is 6.42 Å². The Morgan fingerprint density at radius 2 is 2.12 bits per heavy atom. The molecule has 0 aliphatic carbocycles. The minimum absolute atomic E-state index is 0.0248. The number of carbonyl (C=O) groups is 1. The molecule has 7 heteroatoms. The second-order valence-electron chi connectivity index (χ2n) is 7.08. The molecule has 1 saturated heterocycles. The van der Waals surface area contributed by atoms with E-state index in [1.807, 2.05) is 11.0 Å². The Kier molecular flexibility index (Phi) is 4.36. The molecule has 1 amide bonds. The van der Waals surface area contributed by atoms with Gasteiger partial charge in [0.25, 0.3) is 5.56 Å². The zero-order valence-corrected chi connectivity index (χ0v) is 14.1. The molecule has 2 heterocycles. The van der Waals surface area contributed by atoms with Crippen LogP contribution in [-0.2, 0) is 11.3 Å². The standard InChI is InChI=1S/C17H23N5O2/c1-17(2)11-21(9-7-14(17)18)15(23)8-10-22-16(24)12-5-3-4-6-13(12)19-20-22/h3-6,14H,7-11,18H2,1-2H3. The van der Waals surface area contributed by atoms with E-state index in [2.05, 4.69) is 24.2 Å². The Hall–Kier alpha value is -2.28. The van der Waals surface area contributed by atoms with Crippen molar-refractivity contribution >= 4 is 16.8 Å². The van der Waals surface area contributed by atoms with Crippen molar-refractivity contribution in [3.05, 3.63) is 34.6 Å². The summed E-state index contributed by atoms with van der Waals surface area (Å²) in [5.74, 6) is 0.0248. The first-order valence-corrected chi connectivity index (χ1v) is 8.24. The summed E-state index contributed by atoms with van der Waals surface area (Å²) in [4.78, 5) is 26.7. The molecule has 0 saturated carbocycles. The summed E-state index contributed by atoms with van der Waals surface area (Å²) >= 11 is 0. The molecule has 1 aliphatic rings. The number of piperidine rings is 1. The molecule has 0 bridgehead atoms. The highest BCUT2D eigenvalue weighted by Gasteiger charge is 2.35. The highest BCUT2D eigenvalue weighted by molar-refractivity contribution is 5.77. The smallest absolute Gasteiger partial charge is 0.277 e. The topological polar surface area (TPSA) is 94.1 Å². The highest BCUT2D eigenvalue weighted by atomic mass is 16.2. The molecular formula is C17H23N5O2. The molecule has 1 unspecified atom stereocenters. The third-order valence-electron chi connectivity index (χ3n) is 4.83. The predicted molar refractivity (Wildman–Crippen MR) is 91.4 cm³/mol. The van der Waals surface area contributed by atoms with E-state index in [1.165, 1.54) is 4.68 Å². The van der Waals surface area contributed by atoms with Gasteiger partial charge in [0, 0.05) is 25.6 Å². The van der Waals surface area contributed by atoms with Crippen molar-refractivity contribution in [1.82, 2.24) is 19.9 Å². The van der Waals surface area contributed by atoms with Gasteiger partial charge in [-0.25, -0.2) is 4.68 Å². The van der Waals surface area contributed by atoms with Crippen LogP contribution in [0.25, 0.3) is 10.9 Å². The van der Waals surface area contributed by atoms with Crippen LogP contribution < -0.4 is 11.3 Å². The van der Waals surface area contributed by atoms with Crippen molar-refractivity contribution in [3.8, 4) is 0 Å². The van der Waals surface area contributed by atoms with Gasteiger partial charge >= 0.3 is 0 Å². The third kappa shape index (κ3) is 3.17. The van der Waals surface area contributed by atoms with E-state index >= 15 is 0 Å². The normalized spacial score (nSPS) is 20.3. The number of aryl methyl sites for hydroxylation is 1. The number of fused-ring (bicyclic) bond motifs is 1. The predicted octanol–water partition coefficient (Wildman–Crippen LogP) is 0.767. The van der Waals surface area contributed by atoms with Gasteiger partial charge in [0.1, 0.15) is 5.52 Å². The zero-order valence-electron chi connectivity index (χ0n) is 14.1. The quantitative estimate of drug-likeness (QED) is 0.897. The van der Waals surface area contributed by atoms with Crippen LogP contribution in [0, 0.1) is 5.41 Å². The van der Waals surface area contributed by atoms with Crippen LogP contribution in [0.5, 0.6) is 0 Å². The van der Waals surface area contributed by atoms with E-state index in [9.17, 15) is 9.59 Å². The summed E-state index contributed by atoms with van der Waals surface area (Å²) in [6.45, 7) is 5.71. The summed E-state index contributed by atoms with van der Waals surface area (Å²) in [6, 6.07) is 7.18. The SMILES string of the molecule is CC1(C)CN(C(=O)CCn2nnc3ccccc3c2=O)CCC1N. The van der Waals surface area contributed by atoms with Crippen LogP contribution >= 0.6 is 0 Å². The van der Waals surface area contributed by atoms with E-state index < -0.39 is 0 Å². The first kappa shape index (κ1) is 16.6. The monoisotopic (exact) mass is 329 g/mol. The number of aromatic nitrogens is 3. The van der Waals surface area contributed by atoms with Crippen LogP contribution in [0.1, 0.15) is 26.7 Å². The van der Waals surface area contributed by atoms with E-state index in [1.54, 1.807) is 18.2 Å². The molecular weight excluding hydrogens is 306 g/mol. The van der Waals surface area contributed by atoms with Crippen molar-refractivity contribution in [1.29, 1.82) is 0 Å². The van der Waals surface area contributed by atoms with Gasteiger partial charge in [0.05, 0.1) is 11.9 Å². The van der Waals surface area contributed by atoms with Crippen molar-refractivity contribution in [2.45, 2.75) is 39.3 Å². The molecule has 24 heavy (non-hydrogen) atoms. The fourth-order valence-corrected chi connectivity index (χ4v) is 3.12. The zero-order chi connectivity index (χ0) is 17.3. The van der Waals surface area contributed by atoms with Gasteiger partial charge in [-0.15, -0.1) is 5.10 Å². The lowest BCUT2D eigenvalue weighted by atomic mass is 9.79. The maximum absolute atomic E-state index is 12.5. The first-order chi connectivity index (χ1) is 11.4. The minimum Gasteiger partial charge on any atom is -0.342 e. The average molecular weight is 329 g/mol. The number of hydrogen-bond acceptors (Lipinski definition) is 5. The van der Waals surface area contributed by atoms with Crippen LogP contribution in [0.3, 0.4) is 0 Å². The Balaban J connectivity index is 1.69. The van der Waals surface area contributed by atoms with Gasteiger partial charge in [-0.3, -0.25) is 9.59 Å². The number of nitrogens with zero attached hydrogens (tertiary/aromatic N) is 4. The van der Waals surface area contributed by atoms with Gasteiger partial charge in [0.2, 0.25) is 5.91 Å². The van der Waals surface area contributed by atoms with Gasteiger partial charge in [-0.2, -0.15) is 0 Å². The number of amides is 1. The van der Waals surface area contributed by atoms with Crippen molar-refractivity contribution in [2.24, 2.45) is 11.1 Å². The molecule has 1 aromatic heterocycles. The molecule has 3 rings (SSSR count). The molecule has 128 valence electrons. The van der Waals surface area contributed by atoms with Gasteiger partial charge in [-0.1, -0.05) is 31.2 Å². The second kappa shape index (κ2) is 6.32. The fourth-order valence-electron chi connectivity index (χ4n) is 3.12. The van der Waals surface area contributed by atoms with Crippen LogP contribution in [-0.4, -0.2) is 44.9 Å². The molecule has 0 spiro atoms. The molecule has 2 N–H and O–H groups in total. The van der Waals surface area contributed by atoms with Crippen LogP contribution in [0.4, 0.5) is 0 Å². The van der Waals surface area contributed by atoms with E-state index in [-0.39, 0.29) is 35.9 Å². The molecule has 0 radical (unpaired) electrons. The van der Waals surface area contributed by atoms with Gasteiger partial charge in [-0.05, 0) is 24.0 Å². The number of rotatable bonds is 3. The number of nitrogens with two attached hydrogens (primary N) is 1. The Morgan fingerprint density at radius 1 is 1.38 bits per heavy atom. The largest absolute Gasteiger partial charge is 0.342 e. The lowest BCUT2D eigenvalue weighted by Crippen LogP contribution is -2.54. The van der Waals surface area contributed by atoms with Gasteiger partial charge in [0.15, 0.2) is 0 Å². The molecule has 2 aromatic rings. The van der Waals surface area contributed by atoms with Crippen LogP contribution in [0.15, 0.2) is 29.1 Å². The summed E-state index contributed by atoms with van der Waals surface area (Å²) in [5, 5.41) is 8.48. The fraction of sp³-hybridized carbons (Fsp3) is 0.529. The lowest BCUT2D eigenvalue weighted by molar-refractivity contribution is -0.134. The Bertz CT molecular complexity index is 814. The molecule has 1 atom stereocenters. The van der Waals surface area contributed by atoms with Crippen molar-refractivity contribution in [3.63, 3.8) is 0 Å². The summed E-state index contributed by atoms with van der Waals surface area (Å²) in [5.41, 5.74) is 6.37. The lowest BCUT2D eigenvalue weighted by Gasteiger charge is -2.42. The summed E-state index contributed by atoms with van der Waals surface area (Å²) in [6.07, 6.45) is 1.03. The van der Waals surface area contributed by atoms with Crippen molar-refractivity contribution in [2.75, 3.05) is 13.1 Å². The van der Waals surface area contributed by atoms with Crippen molar-refractivity contribution < 1.29 is 4.79 Å². The van der Waals surface area contributed by atoms with Crippen LogP contribution in [0.2, 0.25) is 0 Å². The Labute approximate surface area is 140 Å². The highest BCUT2D eigenvalue weighted by Crippen LogP contribution is 2.27. The van der Waals surface area contributed by atoms with E-state index in [0.29, 0.717) is 24.0 Å². The summed E-state index contributed by atoms with van der Waals surface area (Å²) < 4.78 is 1.26. The third-order valence-corrected chi connectivity index (χ3v) is 4.83. The molecule has 1 fully saturated rings. The molecule has 1 aliphatic heterocycles. The maximum Gasteiger partial charge on any atom is 0.277 e. The Morgan fingerprint density at radius 3 is 2.88 bits per heavy atom. The number of likely N-dealkylation sites (tertiary alicyclic amines) is 1. The van der Waals surface area contributed by atoms with E-state index in [4.69, 9.17) is 5.73 Å². The summed E-state index contributed by atoms with van der Waals surface area (Å²) in [7, 11) is 0.